The van der Waals surface area contributed by atoms with Crippen molar-refractivity contribution in [3.63, 3.8) is 0 Å². The average molecular weight is 414 g/mol. The summed E-state index contributed by atoms with van der Waals surface area (Å²) in [5.41, 5.74) is 1.09. The summed E-state index contributed by atoms with van der Waals surface area (Å²) >= 11 is 6.19. The van der Waals surface area contributed by atoms with Crippen molar-refractivity contribution < 1.29 is 14.7 Å². The van der Waals surface area contributed by atoms with E-state index in [1.165, 1.54) is 20.2 Å². The molecule has 28 heavy (non-hydrogen) atoms. The molecule has 0 saturated carbocycles. The lowest BCUT2D eigenvalue weighted by Gasteiger charge is -2.35. The Hall–Kier alpha value is -2.05. The van der Waals surface area contributed by atoms with Gasteiger partial charge < -0.3 is 10.0 Å². The fraction of sp³-hybridized carbons (Fsp3) is 0.364. The highest BCUT2D eigenvalue weighted by molar-refractivity contribution is 7.80. The number of carboxylic acid groups (broad SMARTS) is 1. The summed E-state index contributed by atoms with van der Waals surface area (Å²) in [7, 11) is 0. The molecule has 0 aliphatic carbocycles. The Morgan fingerprint density at radius 1 is 1.14 bits per heavy atom. The number of aliphatic carboxylic acids is 1. The van der Waals surface area contributed by atoms with E-state index < -0.39 is 12.0 Å². The number of nitrogens with zero attached hydrogens (tertiary/aromatic N) is 1. The Labute approximate surface area is 173 Å². The van der Waals surface area contributed by atoms with Crippen molar-refractivity contribution >= 4 is 56.0 Å². The van der Waals surface area contributed by atoms with Gasteiger partial charge >= 0.3 is 5.97 Å². The predicted octanol–water partition coefficient (Wildman–Crippen LogP) is 4.61. The van der Waals surface area contributed by atoms with Crippen LogP contribution in [0, 0.1) is 5.92 Å². The zero-order valence-electron chi connectivity index (χ0n) is 15.5. The number of benzene rings is 2. The summed E-state index contributed by atoms with van der Waals surface area (Å²) in [6.45, 7) is 0.522. The lowest BCUT2D eigenvalue weighted by atomic mass is 9.95. The molecule has 2 heterocycles. The third-order valence-electron chi connectivity index (χ3n) is 5.56. The molecule has 1 fully saturated rings. The van der Waals surface area contributed by atoms with Gasteiger partial charge in [0.2, 0.25) is 5.91 Å². The molecule has 1 saturated heterocycles. The number of thiol groups is 1. The molecule has 3 aromatic rings. The average Bonchev–Trinajstić information content (AvgIpc) is 3.09. The summed E-state index contributed by atoms with van der Waals surface area (Å²) in [5.74, 6) is -0.899. The zero-order valence-corrected chi connectivity index (χ0v) is 17.2. The van der Waals surface area contributed by atoms with Crippen molar-refractivity contribution in [1.29, 1.82) is 0 Å². The highest BCUT2D eigenvalue weighted by Crippen LogP contribution is 2.34. The van der Waals surface area contributed by atoms with Crippen molar-refractivity contribution in [1.82, 2.24) is 4.90 Å². The zero-order chi connectivity index (χ0) is 19.7. The minimum Gasteiger partial charge on any atom is -0.480 e. The summed E-state index contributed by atoms with van der Waals surface area (Å²) in [6, 6.07) is 14.0. The van der Waals surface area contributed by atoms with Gasteiger partial charge in [-0.05, 0) is 49.4 Å². The number of carbonyl (C=O) groups is 2. The van der Waals surface area contributed by atoms with Crippen LogP contribution in [0.15, 0.2) is 42.5 Å². The number of carboxylic acids is 1. The Bertz CT molecular complexity index is 1030. The van der Waals surface area contributed by atoms with Gasteiger partial charge in [0.25, 0.3) is 0 Å². The van der Waals surface area contributed by atoms with E-state index in [0.717, 1.165) is 18.4 Å². The molecule has 0 spiro atoms. The van der Waals surface area contributed by atoms with Gasteiger partial charge in [-0.3, -0.25) is 4.79 Å². The topological polar surface area (TPSA) is 57.6 Å². The normalized spacial score (nSPS) is 18.5. The van der Waals surface area contributed by atoms with Gasteiger partial charge in [0.05, 0.1) is 5.92 Å². The summed E-state index contributed by atoms with van der Waals surface area (Å²) in [6.07, 6.45) is 2.83. The van der Waals surface area contributed by atoms with E-state index in [-0.39, 0.29) is 11.8 Å². The second-order valence-corrected chi connectivity index (χ2v) is 8.84. The molecular formula is C22H23NO3S2. The van der Waals surface area contributed by atoms with Crippen molar-refractivity contribution in [3.8, 4) is 0 Å². The third kappa shape index (κ3) is 3.63. The maximum absolute atomic E-state index is 13.1. The smallest absolute Gasteiger partial charge is 0.326 e. The maximum atomic E-state index is 13.1. The molecule has 1 amide bonds. The van der Waals surface area contributed by atoms with Crippen molar-refractivity contribution in [2.24, 2.45) is 5.92 Å². The highest BCUT2D eigenvalue weighted by Gasteiger charge is 2.34. The van der Waals surface area contributed by atoms with Crippen LogP contribution in [-0.4, -0.2) is 40.2 Å². The Morgan fingerprint density at radius 3 is 2.71 bits per heavy atom. The van der Waals surface area contributed by atoms with Gasteiger partial charge in [-0.25, -0.2) is 4.79 Å². The quantitative estimate of drug-likeness (QED) is 0.601. The molecule has 2 aromatic carbocycles. The number of fused-ring (bicyclic) bond motifs is 3. The van der Waals surface area contributed by atoms with E-state index in [4.69, 9.17) is 0 Å². The molecular weight excluding hydrogens is 390 g/mol. The van der Waals surface area contributed by atoms with Crippen molar-refractivity contribution in [2.75, 3.05) is 12.3 Å². The molecule has 4 nitrogen and oxygen atoms in total. The summed E-state index contributed by atoms with van der Waals surface area (Å²) in [5, 5.41) is 11.9. The largest absolute Gasteiger partial charge is 0.480 e. The van der Waals surface area contributed by atoms with E-state index in [2.05, 4.69) is 43.0 Å². The Morgan fingerprint density at radius 2 is 1.93 bits per heavy atom. The monoisotopic (exact) mass is 413 g/mol. The maximum Gasteiger partial charge on any atom is 0.326 e. The first-order valence-corrected chi connectivity index (χ1v) is 11.1. The minimum absolute atomic E-state index is 0.0858. The van der Waals surface area contributed by atoms with E-state index in [1.54, 1.807) is 16.2 Å². The summed E-state index contributed by atoms with van der Waals surface area (Å²) < 4.78 is 2.50. The first-order valence-electron chi connectivity index (χ1n) is 9.63. The SMILES string of the molecule is O=C(O)[C@@H]1CCCCN1C(=O)C(CS)Cc1ccc2sc3ccccc3c2c1. The van der Waals surface area contributed by atoms with Gasteiger partial charge in [-0.1, -0.05) is 24.3 Å². The second kappa shape index (κ2) is 8.13. The summed E-state index contributed by atoms with van der Waals surface area (Å²) in [4.78, 5) is 26.2. The van der Waals surface area contributed by atoms with Gasteiger partial charge in [0.15, 0.2) is 0 Å². The number of likely N-dealkylation sites (tertiary alicyclic amines) is 1. The van der Waals surface area contributed by atoms with Crippen LogP contribution in [0.2, 0.25) is 0 Å². The molecule has 2 atom stereocenters. The molecule has 1 N–H and O–H groups in total. The molecule has 4 rings (SSSR count). The van der Waals surface area contributed by atoms with Crippen LogP contribution >= 0.6 is 24.0 Å². The Kier molecular flexibility index (Phi) is 5.60. The predicted molar refractivity (Wildman–Crippen MR) is 117 cm³/mol. The lowest BCUT2D eigenvalue weighted by Crippen LogP contribution is -2.50. The van der Waals surface area contributed by atoms with E-state index in [0.29, 0.717) is 25.1 Å². The molecule has 1 unspecified atom stereocenters. The number of rotatable bonds is 5. The first-order chi connectivity index (χ1) is 13.6. The third-order valence-corrected chi connectivity index (χ3v) is 7.16. The highest BCUT2D eigenvalue weighted by atomic mass is 32.1. The van der Waals surface area contributed by atoms with Crippen LogP contribution in [0.25, 0.3) is 20.2 Å². The first kappa shape index (κ1) is 19.3. The number of thiophene rings is 1. The fourth-order valence-corrected chi connectivity index (χ4v) is 5.47. The van der Waals surface area contributed by atoms with Gasteiger partial charge in [-0.15, -0.1) is 11.3 Å². The van der Waals surface area contributed by atoms with Crippen molar-refractivity contribution in [2.45, 2.75) is 31.7 Å². The molecule has 1 aliphatic heterocycles. The molecule has 1 aromatic heterocycles. The number of piperidine rings is 1. The Balaban J connectivity index is 1.59. The van der Waals surface area contributed by atoms with E-state index in [9.17, 15) is 14.7 Å². The molecule has 0 radical (unpaired) electrons. The van der Waals surface area contributed by atoms with E-state index >= 15 is 0 Å². The number of hydrogen-bond donors (Lipinski definition) is 2. The van der Waals surface area contributed by atoms with Crippen LogP contribution in [0.3, 0.4) is 0 Å². The molecule has 1 aliphatic rings. The van der Waals surface area contributed by atoms with Gasteiger partial charge in [-0.2, -0.15) is 12.6 Å². The fourth-order valence-electron chi connectivity index (χ4n) is 4.10. The number of amides is 1. The number of hydrogen-bond acceptors (Lipinski definition) is 4. The van der Waals surface area contributed by atoms with Crippen LogP contribution in [0.5, 0.6) is 0 Å². The second-order valence-electron chi connectivity index (χ2n) is 7.39. The van der Waals surface area contributed by atoms with Gasteiger partial charge in [0, 0.05) is 32.5 Å². The van der Waals surface area contributed by atoms with Crippen LogP contribution in [0.1, 0.15) is 24.8 Å². The van der Waals surface area contributed by atoms with Crippen LogP contribution in [-0.2, 0) is 16.0 Å². The van der Waals surface area contributed by atoms with Gasteiger partial charge in [0.1, 0.15) is 6.04 Å². The van der Waals surface area contributed by atoms with Crippen molar-refractivity contribution in [3.05, 3.63) is 48.0 Å². The van der Waals surface area contributed by atoms with Crippen LogP contribution < -0.4 is 0 Å². The standard InChI is InChI=1S/C22H23NO3S2/c24-21(23-10-4-3-6-18(23)22(25)26)15(13-27)11-14-8-9-20-17(12-14)16-5-1-2-7-19(16)28-20/h1-2,5,7-9,12,15,18,27H,3-4,6,10-11,13H2,(H,25,26)/t15?,18-/m0/s1. The minimum atomic E-state index is -0.905. The molecule has 146 valence electrons. The number of carbonyl (C=O) groups excluding carboxylic acids is 1. The van der Waals surface area contributed by atoms with E-state index in [1.807, 2.05) is 12.1 Å². The van der Waals surface area contributed by atoms with Crippen LogP contribution in [0.4, 0.5) is 0 Å². The molecule has 0 bridgehead atoms. The molecule has 6 heteroatoms. The lowest BCUT2D eigenvalue weighted by molar-refractivity contribution is -0.153.